The molecule has 111 heavy (non-hydrogen) atoms. The first-order valence-electron chi connectivity index (χ1n) is 36.3. The second-order valence-corrected chi connectivity index (χ2v) is 36.7. The SMILES string of the molecule is CC1[C@H](OCCOCCOCCOP(O)(=S)OCCCOCC(COCCCOP(O)(=S)OCCOCCOCCO[C@@H]2OC(CO)[C@H](O)[C@H](O)C2C)(COCCCOP(O)(=S)OCCOCCOCCO[C@@H]2OC(CO)[C@H](O)[C@H](O)C2C)COCCCOP(O)(=S)OC(=O)OCc2ccccc2)OC(CO)[C@@H](O)[C@@H]1O. The number of carbonyl (C=O) groups excluding carboxylic acids is 1. The number of rotatable bonds is 67. The molecule has 0 bridgehead atoms. The van der Waals surface area contributed by atoms with Crippen LogP contribution in [-0.2, 0) is 171 Å². The van der Waals surface area contributed by atoms with Gasteiger partial charge in [-0.1, -0.05) is 51.1 Å². The van der Waals surface area contributed by atoms with Crippen molar-refractivity contribution in [2.45, 2.75) is 127 Å². The van der Waals surface area contributed by atoms with Crippen LogP contribution in [0.15, 0.2) is 30.3 Å². The van der Waals surface area contributed by atoms with E-state index in [2.05, 4.69) is 0 Å². The van der Waals surface area contributed by atoms with E-state index in [1.54, 1.807) is 51.1 Å². The van der Waals surface area contributed by atoms with Crippen molar-refractivity contribution < 1.29 is 187 Å². The van der Waals surface area contributed by atoms with Gasteiger partial charge in [0.2, 0.25) is 0 Å². The molecule has 3 aliphatic rings. The Hall–Kier alpha value is -0.350. The van der Waals surface area contributed by atoms with Gasteiger partial charge < -0.3 is 178 Å². The second-order valence-electron chi connectivity index (χ2n) is 25.4. The van der Waals surface area contributed by atoms with E-state index in [1.165, 1.54) is 0 Å². The average Bonchev–Trinajstić information content (AvgIpc) is 0.837. The highest BCUT2D eigenvalue weighted by atomic mass is 32.5. The highest BCUT2D eigenvalue weighted by Gasteiger charge is 2.45. The summed E-state index contributed by atoms with van der Waals surface area (Å²) in [7, 11) is 0. The van der Waals surface area contributed by atoms with Gasteiger partial charge in [0.15, 0.2) is 18.9 Å². The fourth-order valence-corrected chi connectivity index (χ4v) is 14.9. The van der Waals surface area contributed by atoms with Crippen molar-refractivity contribution in [1.82, 2.24) is 0 Å². The van der Waals surface area contributed by atoms with Gasteiger partial charge in [-0.25, -0.2) is 4.79 Å². The lowest BCUT2D eigenvalue weighted by Gasteiger charge is -2.40. The molecule has 0 aliphatic carbocycles. The van der Waals surface area contributed by atoms with Gasteiger partial charge in [0.25, 0.3) is 0 Å². The number of carbonyl (C=O) groups is 1. The third-order valence-corrected chi connectivity index (χ3v) is 22.8. The fourth-order valence-electron chi connectivity index (χ4n) is 10.2. The molecule has 19 atom stereocenters. The van der Waals surface area contributed by atoms with Crippen LogP contribution < -0.4 is 0 Å². The van der Waals surface area contributed by atoms with E-state index < -0.39 is 150 Å². The van der Waals surface area contributed by atoms with E-state index in [4.69, 9.17) is 164 Å². The topological polar surface area (TPSA) is 511 Å². The molecular formula is C64H118O39P4S4. The van der Waals surface area contributed by atoms with Crippen LogP contribution in [0.1, 0.15) is 52.0 Å². The van der Waals surface area contributed by atoms with E-state index in [0.717, 1.165) is 0 Å². The summed E-state index contributed by atoms with van der Waals surface area (Å²) < 4.78 is 140. The molecular weight excluding hydrogens is 1640 g/mol. The van der Waals surface area contributed by atoms with Gasteiger partial charge in [0.1, 0.15) is 43.2 Å². The summed E-state index contributed by atoms with van der Waals surface area (Å²) in [6.45, 7) is -10.6. The zero-order chi connectivity index (χ0) is 81.4. The van der Waals surface area contributed by atoms with E-state index in [9.17, 15) is 70.3 Å². The molecule has 0 aromatic heterocycles. The summed E-state index contributed by atoms with van der Waals surface area (Å²) >= 11 is 20.7. The number of aliphatic hydroxyl groups excluding tert-OH is 9. The van der Waals surface area contributed by atoms with Crippen LogP contribution in [0.4, 0.5) is 4.79 Å². The van der Waals surface area contributed by atoms with Crippen LogP contribution in [0.5, 0.6) is 0 Å². The van der Waals surface area contributed by atoms with Crippen molar-refractivity contribution in [2.24, 2.45) is 23.2 Å². The van der Waals surface area contributed by atoms with Gasteiger partial charge in [-0.05, 0) is 66.7 Å². The number of ether oxygens (including phenoxy) is 17. The Morgan fingerprint density at radius 1 is 0.360 bits per heavy atom. The fraction of sp³-hybridized carbons (Fsp3) is 0.891. The molecule has 0 amide bonds. The summed E-state index contributed by atoms with van der Waals surface area (Å²) in [5.74, 6) is -1.64. The van der Waals surface area contributed by atoms with Gasteiger partial charge >= 0.3 is 33.0 Å². The van der Waals surface area contributed by atoms with E-state index in [-0.39, 0.29) is 230 Å². The Bertz CT molecular complexity index is 2550. The number of aliphatic hydroxyl groups is 9. The minimum Gasteiger partial charge on any atom is -0.429 e. The van der Waals surface area contributed by atoms with Gasteiger partial charge in [0, 0.05) is 56.0 Å². The van der Waals surface area contributed by atoms with Crippen LogP contribution >= 0.6 is 26.9 Å². The van der Waals surface area contributed by atoms with Crippen molar-refractivity contribution in [1.29, 1.82) is 0 Å². The lowest BCUT2D eigenvalue weighted by Crippen LogP contribution is -2.55. The summed E-state index contributed by atoms with van der Waals surface area (Å²) in [5, 5.41) is 89.2. The largest absolute Gasteiger partial charge is 0.515 e. The first-order chi connectivity index (χ1) is 53.1. The van der Waals surface area contributed by atoms with E-state index >= 15 is 0 Å². The van der Waals surface area contributed by atoms with Gasteiger partial charge in [0.05, 0.1) is 215 Å². The van der Waals surface area contributed by atoms with Crippen molar-refractivity contribution >= 4 is 80.3 Å². The second kappa shape index (κ2) is 58.6. The molecule has 3 saturated heterocycles. The Morgan fingerprint density at radius 2 is 0.622 bits per heavy atom. The molecule has 652 valence electrons. The van der Waals surface area contributed by atoms with Gasteiger partial charge in [-0.2, -0.15) is 0 Å². The number of hydrogen-bond acceptors (Lipinski definition) is 39. The van der Waals surface area contributed by atoms with Crippen LogP contribution in [0.3, 0.4) is 0 Å². The monoisotopic (exact) mass is 1760 g/mol. The van der Waals surface area contributed by atoms with Crippen molar-refractivity contribution in [3.8, 4) is 0 Å². The molecule has 1 aromatic rings. The normalized spacial score (nSPS) is 27.2. The van der Waals surface area contributed by atoms with Crippen LogP contribution in [0.25, 0.3) is 0 Å². The predicted octanol–water partition coefficient (Wildman–Crippen LogP) is 0.311. The maximum Gasteiger partial charge on any atom is 0.515 e. The maximum atomic E-state index is 12.4. The molecule has 4 rings (SSSR count). The first-order valence-corrected chi connectivity index (χ1v) is 46.7. The molecule has 0 radical (unpaired) electrons. The zero-order valence-corrected chi connectivity index (χ0v) is 69.6. The average molecular weight is 1760 g/mol. The van der Waals surface area contributed by atoms with Gasteiger partial charge in [-0.15, -0.1) is 0 Å². The Kier molecular flexibility index (Phi) is 54.4. The lowest BCUT2D eigenvalue weighted by atomic mass is 9.92. The molecule has 13 N–H and O–H groups in total. The maximum absolute atomic E-state index is 12.4. The van der Waals surface area contributed by atoms with Crippen LogP contribution in [0, 0.1) is 23.2 Å². The van der Waals surface area contributed by atoms with Crippen molar-refractivity contribution in [2.75, 3.05) is 218 Å². The molecule has 0 spiro atoms. The highest BCUT2D eigenvalue weighted by molar-refractivity contribution is 8.08. The Labute approximate surface area is 667 Å². The number of benzene rings is 1. The van der Waals surface area contributed by atoms with Crippen LogP contribution in [0.2, 0.25) is 0 Å². The van der Waals surface area contributed by atoms with E-state index in [0.29, 0.717) is 5.56 Å². The minimum atomic E-state index is -4.09. The highest BCUT2D eigenvalue weighted by Crippen LogP contribution is 2.46. The quantitative estimate of drug-likeness (QED) is 0.0237. The third-order valence-electron chi connectivity index (χ3n) is 16.4. The molecule has 39 nitrogen and oxygen atoms in total. The summed E-state index contributed by atoms with van der Waals surface area (Å²) in [6, 6.07) is 8.77. The van der Waals surface area contributed by atoms with E-state index in [1.807, 2.05) is 0 Å². The third kappa shape index (κ3) is 44.1. The smallest absolute Gasteiger partial charge is 0.429 e. The molecule has 0 saturated carbocycles. The molecule has 10 unspecified atom stereocenters. The van der Waals surface area contributed by atoms with Gasteiger partial charge in [-0.3, -0.25) is 4.52 Å². The Balaban J connectivity index is 1.26. The zero-order valence-electron chi connectivity index (χ0n) is 62.8. The molecule has 3 fully saturated rings. The van der Waals surface area contributed by atoms with Crippen molar-refractivity contribution in [3.63, 3.8) is 0 Å². The molecule has 1 aromatic carbocycles. The summed E-state index contributed by atoms with van der Waals surface area (Å²) in [5.41, 5.74) is -0.403. The Morgan fingerprint density at radius 3 is 0.910 bits per heavy atom. The lowest BCUT2D eigenvalue weighted by molar-refractivity contribution is -0.284. The van der Waals surface area contributed by atoms with Crippen LogP contribution in [-0.4, -0.2) is 364 Å². The number of hydrogen-bond donors (Lipinski definition) is 13. The molecule has 47 heteroatoms. The standard InChI is InChI=1S/C64H118O39P4S4/c1-47-54(68)57(71)51(39-65)100-60(47)89-33-27-79-21-24-82-30-36-97-104(75,108)93-17-7-13-85-43-64(46-88-16-10-20-96-107(78,111)103-63(74)92-42-50-11-5-4-6-12-50,44-86-14-8-18-94-105(76,109)98-37-31-83-25-22-80-28-34-90-61-48(2)55(69)58(72)52(40-66)101-61)45-87-15-9-19-95-106(77,110)99-38-32-84-26-23-81-29-35-91-62-49(3)56(70)59(73)53(41-67)102-62/h4-6,11-12,47-49,51-62,65-73H,7-10,13-46H2,1-3H3,(H,75,108)(H,76,109)(H,77,110)(H,78,111)/t47?,48?,49?,51?,52?,53?,54-,55-,56-,57-,58+,59+,60-,61-,62-,64?,104?,105?,106?,107?/m1/s1. The minimum absolute atomic E-state index is 0.0175. The predicted molar refractivity (Wildman–Crippen MR) is 403 cm³/mol. The van der Waals surface area contributed by atoms with Crippen molar-refractivity contribution in [3.05, 3.63) is 35.9 Å². The summed E-state index contributed by atoms with van der Waals surface area (Å²) in [4.78, 5) is 55.3. The molecule has 3 heterocycles. The summed E-state index contributed by atoms with van der Waals surface area (Å²) in [6.07, 6.45) is -13.0. The molecule has 3 aliphatic heterocycles. The first kappa shape index (κ1) is 103.